The van der Waals surface area contributed by atoms with E-state index in [2.05, 4.69) is 5.32 Å². The summed E-state index contributed by atoms with van der Waals surface area (Å²) in [7, 11) is 0. The first-order chi connectivity index (χ1) is 15.4. The van der Waals surface area contributed by atoms with Crippen LogP contribution in [0.25, 0.3) is 0 Å². The minimum atomic E-state index is -1.63. The molecule has 3 unspecified atom stereocenters. The van der Waals surface area contributed by atoms with Crippen LogP contribution < -0.4 is 10.1 Å². The molecule has 0 spiro atoms. The van der Waals surface area contributed by atoms with Crippen LogP contribution in [0.4, 0.5) is 0 Å². The Hall–Kier alpha value is -3.44. The lowest BCUT2D eigenvalue weighted by Gasteiger charge is -2.23. The summed E-state index contributed by atoms with van der Waals surface area (Å²) in [5.41, 5.74) is -0.943. The van der Waals surface area contributed by atoms with E-state index in [1.165, 1.54) is 0 Å². The molecule has 0 aromatic heterocycles. The normalized spacial score (nSPS) is 25.2. The average molecular weight is 446 g/mol. The second kappa shape index (κ2) is 7.31. The van der Waals surface area contributed by atoms with Crippen LogP contribution in [0.5, 0.6) is 5.75 Å². The summed E-state index contributed by atoms with van der Waals surface area (Å²) < 4.78 is 5.59. The molecule has 32 heavy (non-hydrogen) atoms. The predicted octanol–water partition coefficient (Wildman–Crippen LogP) is 4.55. The number of nitrogens with one attached hydrogen (secondary N) is 1. The Balaban J connectivity index is 1.57. The van der Waals surface area contributed by atoms with Crippen molar-refractivity contribution in [2.45, 2.75) is 19.4 Å². The molecule has 3 aromatic rings. The lowest BCUT2D eigenvalue weighted by molar-refractivity contribution is -0.149. The SMILES string of the molecule is CC1(C(=O)c2ccc(Cl)cc2)C2c3ccccc3OC(=O)C21C(=O)NCc1ccccc1. The highest BCUT2D eigenvalue weighted by atomic mass is 35.5. The molecule has 1 heterocycles. The van der Waals surface area contributed by atoms with Gasteiger partial charge in [-0.3, -0.25) is 14.4 Å². The number of esters is 1. The van der Waals surface area contributed by atoms with Crippen LogP contribution in [0.1, 0.15) is 34.3 Å². The fourth-order valence-electron chi connectivity index (χ4n) is 5.07. The number of benzene rings is 3. The van der Waals surface area contributed by atoms with Gasteiger partial charge in [-0.05, 0) is 42.8 Å². The summed E-state index contributed by atoms with van der Waals surface area (Å²) in [6.07, 6.45) is 0. The van der Waals surface area contributed by atoms with E-state index >= 15 is 0 Å². The number of amides is 1. The molecule has 2 aliphatic rings. The van der Waals surface area contributed by atoms with Crippen molar-refractivity contribution in [3.05, 3.63) is 101 Å². The van der Waals surface area contributed by atoms with E-state index in [1.807, 2.05) is 42.5 Å². The Bertz CT molecular complexity index is 1240. The van der Waals surface area contributed by atoms with Crippen molar-refractivity contribution in [1.82, 2.24) is 5.32 Å². The quantitative estimate of drug-likeness (QED) is 0.271. The van der Waals surface area contributed by atoms with Gasteiger partial charge in [0.05, 0.1) is 5.41 Å². The molecule has 1 amide bonds. The number of Topliss-reactive ketones (excluding diaryl/α,β-unsaturated/α-hetero) is 1. The maximum Gasteiger partial charge on any atom is 0.328 e. The number of ether oxygens (including phenoxy) is 1. The largest absolute Gasteiger partial charge is 0.425 e. The van der Waals surface area contributed by atoms with Crippen molar-refractivity contribution >= 4 is 29.3 Å². The standard InChI is InChI=1S/C26H20ClNO4/c1-25(22(29)17-11-13-18(27)14-12-17)21-19-9-5-6-10-20(19)32-24(31)26(21,25)23(30)28-15-16-7-3-2-4-8-16/h2-14,21H,15H2,1H3,(H,28,30). The third-order valence-electron chi connectivity index (χ3n) is 6.73. The first-order valence-corrected chi connectivity index (χ1v) is 10.7. The number of hydrogen-bond acceptors (Lipinski definition) is 4. The molecule has 3 aromatic carbocycles. The predicted molar refractivity (Wildman–Crippen MR) is 119 cm³/mol. The van der Waals surface area contributed by atoms with E-state index in [0.717, 1.165) is 5.56 Å². The highest BCUT2D eigenvalue weighted by Crippen LogP contribution is 2.78. The van der Waals surface area contributed by atoms with Gasteiger partial charge >= 0.3 is 5.97 Å². The smallest absolute Gasteiger partial charge is 0.328 e. The number of fused-ring (bicyclic) bond motifs is 3. The Morgan fingerprint density at radius 1 is 0.969 bits per heavy atom. The van der Waals surface area contributed by atoms with Gasteiger partial charge in [0.1, 0.15) is 5.75 Å². The molecule has 0 radical (unpaired) electrons. The maximum atomic E-state index is 13.7. The van der Waals surface area contributed by atoms with Gasteiger partial charge in [0.15, 0.2) is 11.2 Å². The molecule has 6 heteroatoms. The van der Waals surface area contributed by atoms with E-state index in [4.69, 9.17) is 16.3 Å². The van der Waals surface area contributed by atoms with E-state index in [-0.39, 0.29) is 12.3 Å². The van der Waals surface area contributed by atoms with Gasteiger partial charge in [-0.25, -0.2) is 0 Å². The topological polar surface area (TPSA) is 72.5 Å². The van der Waals surface area contributed by atoms with Crippen molar-refractivity contribution in [3.8, 4) is 5.75 Å². The first kappa shape index (κ1) is 20.5. The number of carbonyl (C=O) groups excluding carboxylic acids is 3. The van der Waals surface area contributed by atoms with Gasteiger partial charge in [0.2, 0.25) is 5.91 Å². The molecular formula is C26H20ClNO4. The second-order valence-electron chi connectivity index (χ2n) is 8.38. The lowest BCUT2D eigenvalue weighted by Crippen LogP contribution is -2.45. The molecule has 0 saturated heterocycles. The Labute approximate surface area is 190 Å². The monoisotopic (exact) mass is 445 g/mol. The molecule has 1 fully saturated rings. The molecule has 3 atom stereocenters. The Morgan fingerprint density at radius 2 is 1.62 bits per heavy atom. The Kier molecular flexibility index (Phi) is 4.68. The fourth-order valence-corrected chi connectivity index (χ4v) is 5.20. The third-order valence-corrected chi connectivity index (χ3v) is 6.98. The van der Waals surface area contributed by atoms with Crippen LogP contribution in [-0.2, 0) is 16.1 Å². The highest BCUT2D eigenvalue weighted by Gasteiger charge is 2.88. The molecule has 5 nitrogen and oxygen atoms in total. The van der Waals surface area contributed by atoms with Crippen LogP contribution >= 0.6 is 11.6 Å². The van der Waals surface area contributed by atoms with Crippen LogP contribution in [0.15, 0.2) is 78.9 Å². The first-order valence-electron chi connectivity index (χ1n) is 10.3. The van der Waals surface area contributed by atoms with E-state index in [9.17, 15) is 14.4 Å². The van der Waals surface area contributed by atoms with Crippen LogP contribution in [0, 0.1) is 10.8 Å². The van der Waals surface area contributed by atoms with Gasteiger partial charge in [-0.15, -0.1) is 0 Å². The van der Waals surface area contributed by atoms with Gasteiger partial charge in [-0.2, -0.15) is 0 Å². The number of carbonyl (C=O) groups is 3. The van der Waals surface area contributed by atoms with Crippen molar-refractivity contribution < 1.29 is 19.1 Å². The molecule has 1 aliphatic carbocycles. The third kappa shape index (κ3) is 2.74. The summed E-state index contributed by atoms with van der Waals surface area (Å²) in [5, 5.41) is 3.37. The van der Waals surface area contributed by atoms with E-state index in [0.29, 0.717) is 21.9 Å². The zero-order valence-electron chi connectivity index (χ0n) is 17.3. The molecule has 160 valence electrons. The van der Waals surface area contributed by atoms with Crippen LogP contribution in [0.3, 0.4) is 0 Å². The number of rotatable bonds is 5. The summed E-state index contributed by atoms with van der Waals surface area (Å²) >= 11 is 5.99. The van der Waals surface area contributed by atoms with Crippen molar-refractivity contribution in [3.63, 3.8) is 0 Å². The van der Waals surface area contributed by atoms with Crippen molar-refractivity contribution in [2.75, 3.05) is 0 Å². The maximum absolute atomic E-state index is 13.7. The Morgan fingerprint density at radius 3 is 2.34 bits per heavy atom. The zero-order chi connectivity index (χ0) is 22.5. The molecule has 5 rings (SSSR count). The van der Waals surface area contributed by atoms with Gasteiger partial charge in [-0.1, -0.05) is 60.1 Å². The minimum Gasteiger partial charge on any atom is -0.425 e. The van der Waals surface area contributed by atoms with Gasteiger partial charge in [0, 0.05) is 28.6 Å². The average Bonchev–Trinajstić information content (AvgIpc) is 3.41. The van der Waals surface area contributed by atoms with Crippen LogP contribution in [-0.4, -0.2) is 17.7 Å². The minimum absolute atomic E-state index is 0.244. The van der Waals surface area contributed by atoms with Crippen molar-refractivity contribution in [2.24, 2.45) is 10.8 Å². The fraction of sp³-hybridized carbons (Fsp3) is 0.192. The molecule has 1 aliphatic heterocycles. The molecule has 0 bridgehead atoms. The van der Waals surface area contributed by atoms with Crippen LogP contribution in [0.2, 0.25) is 5.02 Å². The second-order valence-corrected chi connectivity index (χ2v) is 8.81. The lowest BCUT2D eigenvalue weighted by atomic mass is 9.86. The van der Waals surface area contributed by atoms with Gasteiger partial charge < -0.3 is 10.1 Å². The van der Waals surface area contributed by atoms with Gasteiger partial charge in [0.25, 0.3) is 0 Å². The summed E-state index contributed by atoms with van der Waals surface area (Å²) in [5.74, 6) is -1.72. The molecular weight excluding hydrogens is 426 g/mol. The van der Waals surface area contributed by atoms with Crippen molar-refractivity contribution in [1.29, 1.82) is 0 Å². The number of halogens is 1. The number of hydrogen-bond donors (Lipinski definition) is 1. The molecule has 1 saturated carbocycles. The summed E-state index contributed by atoms with van der Waals surface area (Å²) in [4.78, 5) is 40.6. The summed E-state index contributed by atoms with van der Waals surface area (Å²) in [6, 6.07) is 23.0. The van der Waals surface area contributed by atoms with E-state index in [1.54, 1.807) is 43.3 Å². The molecule has 1 N–H and O–H groups in total. The summed E-state index contributed by atoms with van der Waals surface area (Å²) in [6.45, 7) is 1.92. The highest BCUT2D eigenvalue weighted by molar-refractivity contribution is 6.30. The number of para-hydroxylation sites is 1. The zero-order valence-corrected chi connectivity index (χ0v) is 18.1. The van der Waals surface area contributed by atoms with E-state index < -0.39 is 28.6 Å². The number of ketones is 1.